The number of benzene rings is 1. The van der Waals surface area contributed by atoms with Crippen LogP contribution in [0.25, 0.3) is 0 Å². The van der Waals surface area contributed by atoms with Crippen LogP contribution in [0, 0.1) is 24.7 Å². The molecule has 1 aromatic rings. The molecule has 3 N–H and O–H groups in total. The van der Waals surface area contributed by atoms with E-state index in [-0.39, 0.29) is 11.7 Å². The van der Waals surface area contributed by atoms with E-state index in [0.29, 0.717) is 49.9 Å². The number of carbonyl (C=O) groups is 1. The number of anilines is 1. The number of amidine groups is 1. The molecule has 0 bridgehead atoms. The highest BCUT2D eigenvalue weighted by atomic mass is 32.2. The summed E-state index contributed by atoms with van der Waals surface area (Å²) < 4.78 is 27.5. The Morgan fingerprint density at radius 1 is 1.18 bits per heavy atom. The number of aryl methyl sites for hydroxylation is 2. The van der Waals surface area contributed by atoms with Gasteiger partial charge in [0, 0.05) is 24.7 Å². The molecule has 182 valence electrons. The van der Waals surface area contributed by atoms with Crippen molar-refractivity contribution in [3.63, 3.8) is 0 Å². The van der Waals surface area contributed by atoms with E-state index in [1.165, 1.54) is 12.8 Å². The predicted molar refractivity (Wildman–Crippen MR) is 132 cm³/mol. The molecule has 2 heterocycles. The number of amides is 1. The van der Waals surface area contributed by atoms with Crippen molar-refractivity contribution in [3.05, 3.63) is 29.3 Å². The molecule has 1 saturated heterocycles. The number of nitrogens with one attached hydrogen (secondary N) is 1. The lowest BCUT2D eigenvalue weighted by Crippen LogP contribution is -2.51. The molecule has 0 aromatic heterocycles. The van der Waals surface area contributed by atoms with Crippen LogP contribution >= 0.6 is 0 Å². The van der Waals surface area contributed by atoms with E-state index >= 15 is 0 Å². The van der Waals surface area contributed by atoms with E-state index < -0.39 is 15.6 Å². The first kappa shape index (κ1) is 24.2. The number of rotatable bonds is 6. The van der Waals surface area contributed by atoms with Gasteiger partial charge >= 0.3 is 0 Å². The number of sulfonamides is 1. The zero-order valence-electron chi connectivity index (χ0n) is 20.1. The molecule has 0 radical (unpaired) electrons. The summed E-state index contributed by atoms with van der Waals surface area (Å²) in [5.41, 5.74) is 7.70. The van der Waals surface area contributed by atoms with Gasteiger partial charge in [-0.2, -0.15) is 0 Å². The second-order valence-electron chi connectivity index (χ2n) is 10.5. The number of nitrogen functional groups attached to an aromatic ring is 1. The van der Waals surface area contributed by atoms with Crippen molar-refractivity contribution in [1.82, 2.24) is 9.62 Å². The standard InChI is InChI=1S/C25H38N4O3S/c1-17(2)19-4-6-21(7-5-19)23-27-24(30)25(28-23)11-13-29(14-12-25)33(31,32)15-10-20-8-9-22(26)16-18(20)3/h8-9,16-17,19,21H,4-7,10-15,26H2,1-3H3,(H,27,28,30). The van der Waals surface area contributed by atoms with Gasteiger partial charge in [0.1, 0.15) is 11.4 Å². The highest BCUT2D eigenvalue weighted by Crippen LogP contribution is 2.37. The van der Waals surface area contributed by atoms with Gasteiger partial charge in [-0.1, -0.05) is 19.9 Å². The monoisotopic (exact) mass is 474 g/mol. The number of nitrogens with two attached hydrogens (primary N) is 1. The van der Waals surface area contributed by atoms with Crippen LogP contribution in [0.1, 0.15) is 63.5 Å². The van der Waals surface area contributed by atoms with E-state index in [1.807, 2.05) is 25.1 Å². The SMILES string of the molecule is Cc1cc(N)ccc1CCS(=O)(=O)N1CCC2(CC1)N=C(C1CCC(C(C)C)CC1)NC2=O. The Balaban J connectivity index is 1.35. The molecular weight excluding hydrogens is 436 g/mol. The number of hydrogen-bond acceptors (Lipinski definition) is 5. The minimum absolute atomic E-state index is 0.0435. The fraction of sp³-hybridized carbons (Fsp3) is 0.680. The third-order valence-electron chi connectivity index (χ3n) is 8.04. The Bertz CT molecular complexity index is 1020. The molecule has 8 heteroatoms. The number of carbonyl (C=O) groups excluding carboxylic acids is 1. The molecule has 0 unspecified atom stereocenters. The van der Waals surface area contributed by atoms with Crippen LogP contribution < -0.4 is 11.1 Å². The van der Waals surface area contributed by atoms with Crippen LogP contribution in [0.15, 0.2) is 23.2 Å². The van der Waals surface area contributed by atoms with E-state index in [1.54, 1.807) is 4.31 Å². The van der Waals surface area contributed by atoms with Gasteiger partial charge in [0.25, 0.3) is 5.91 Å². The van der Waals surface area contributed by atoms with Crippen LogP contribution in [0.5, 0.6) is 0 Å². The van der Waals surface area contributed by atoms with Crippen molar-refractivity contribution in [3.8, 4) is 0 Å². The van der Waals surface area contributed by atoms with E-state index in [9.17, 15) is 13.2 Å². The molecule has 7 nitrogen and oxygen atoms in total. The first-order valence-corrected chi connectivity index (χ1v) is 13.9. The quantitative estimate of drug-likeness (QED) is 0.617. The summed E-state index contributed by atoms with van der Waals surface area (Å²) in [6, 6.07) is 5.58. The van der Waals surface area contributed by atoms with Crippen LogP contribution in [-0.2, 0) is 21.2 Å². The van der Waals surface area contributed by atoms with Crippen LogP contribution in [0.4, 0.5) is 5.69 Å². The van der Waals surface area contributed by atoms with E-state index in [0.717, 1.165) is 35.7 Å². The van der Waals surface area contributed by atoms with Gasteiger partial charge < -0.3 is 11.1 Å². The van der Waals surface area contributed by atoms with Gasteiger partial charge in [-0.15, -0.1) is 0 Å². The molecule has 2 aliphatic heterocycles. The van der Waals surface area contributed by atoms with Gasteiger partial charge in [-0.3, -0.25) is 9.79 Å². The highest BCUT2D eigenvalue weighted by Gasteiger charge is 2.48. The fourth-order valence-corrected chi connectivity index (χ4v) is 7.11. The minimum atomic E-state index is -3.40. The Labute approximate surface area is 198 Å². The maximum atomic E-state index is 13.0. The maximum absolute atomic E-state index is 13.0. The molecule has 1 amide bonds. The summed E-state index contributed by atoms with van der Waals surface area (Å²) in [5.74, 6) is 2.65. The van der Waals surface area contributed by atoms with Gasteiger partial charge in [-0.05, 0) is 87.0 Å². The number of aliphatic imine (C=N–C) groups is 1. The average Bonchev–Trinajstić information content (AvgIpc) is 3.09. The third kappa shape index (κ3) is 5.11. The minimum Gasteiger partial charge on any atom is -0.399 e. The molecule has 2 fully saturated rings. The summed E-state index contributed by atoms with van der Waals surface area (Å²) in [7, 11) is -3.40. The average molecular weight is 475 g/mol. The number of nitrogens with zero attached hydrogens (tertiary/aromatic N) is 2. The number of hydrogen-bond donors (Lipinski definition) is 2. The van der Waals surface area contributed by atoms with Gasteiger partial charge in [-0.25, -0.2) is 12.7 Å². The molecule has 1 spiro atoms. The van der Waals surface area contributed by atoms with Gasteiger partial charge in [0.15, 0.2) is 0 Å². The Kier molecular flexibility index (Phi) is 6.87. The van der Waals surface area contributed by atoms with Crippen molar-refractivity contribution in [2.75, 3.05) is 24.6 Å². The zero-order chi connectivity index (χ0) is 23.8. The summed E-state index contributed by atoms with van der Waals surface area (Å²) in [5, 5.41) is 3.07. The highest BCUT2D eigenvalue weighted by molar-refractivity contribution is 7.89. The second kappa shape index (κ2) is 9.37. The smallest absolute Gasteiger partial charge is 0.253 e. The molecule has 1 aliphatic carbocycles. The van der Waals surface area contributed by atoms with Crippen LogP contribution in [0.2, 0.25) is 0 Å². The normalized spacial score (nSPS) is 25.9. The molecule has 3 aliphatic rings. The van der Waals surface area contributed by atoms with Gasteiger partial charge in [0.05, 0.1) is 5.75 Å². The first-order chi connectivity index (χ1) is 15.6. The summed E-state index contributed by atoms with van der Waals surface area (Å²) in [6.07, 6.45) is 5.87. The summed E-state index contributed by atoms with van der Waals surface area (Å²) in [6.45, 7) is 7.20. The largest absolute Gasteiger partial charge is 0.399 e. The second-order valence-corrected chi connectivity index (χ2v) is 12.6. The molecule has 0 atom stereocenters. The van der Waals surface area contributed by atoms with Crippen molar-refractivity contribution >= 4 is 27.5 Å². The van der Waals surface area contributed by atoms with Crippen molar-refractivity contribution < 1.29 is 13.2 Å². The zero-order valence-corrected chi connectivity index (χ0v) is 21.0. The Morgan fingerprint density at radius 3 is 2.45 bits per heavy atom. The predicted octanol–water partition coefficient (Wildman–Crippen LogP) is 3.27. The summed E-state index contributed by atoms with van der Waals surface area (Å²) >= 11 is 0. The van der Waals surface area contributed by atoms with Crippen molar-refractivity contribution in [2.24, 2.45) is 22.7 Å². The van der Waals surface area contributed by atoms with E-state index in [4.69, 9.17) is 10.7 Å². The van der Waals surface area contributed by atoms with Crippen LogP contribution in [0.3, 0.4) is 0 Å². The third-order valence-corrected chi connectivity index (χ3v) is 9.91. The fourth-order valence-electron chi connectivity index (χ4n) is 5.64. The molecule has 33 heavy (non-hydrogen) atoms. The lowest BCUT2D eigenvalue weighted by Gasteiger charge is -2.34. The summed E-state index contributed by atoms with van der Waals surface area (Å²) in [4.78, 5) is 17.8. The maximum Gasteiger partial charge on any atom is 0.253 e. The molecule has 1 saturated carbocycles. The van der Waals surface area contributed by atoms with Crippen molar-refractivity contribution in [1.29, 1.82) is 0 Å². The molecule has 4 rings (SSSR count). The van der Waals surface area contributed by atoms with Gasteiger partial charge in [0.2, 0.25) is 10.0 Å². The lowest BCUT2D eigenvalue weighted by molar-refractivity contribution is -0.125. The molecule has 1 aromatic carbocycles. The van der Waals surface area contributed by atoms with E-state index in [2.05, 4.69) is 19.2 Å². The number of piperidine rings is 1. The Hall–Kier alpha value is -1.93. The molecular formula is C25H38N4O3S. The topological polar surface area (TPSA) is 105 Å². The van der Waals surface area contributed by atoms with Crippen molar-refractivity contribution in [2.45, 2.75) is 71.3 Å². The first-order valence-electron chi connectivity index (χ1n) is 12.3. The lowest BCUT2D eigenvalue weighted by atomic mass is 9.76. The van der Waals surface area contributed by atoms with Crippen LogP contribution in [-0.4, -0.2) is 48.8 Å². The Morgan fingerprint density at radius 2 is 1.85 bits per heavy atom.